The van der Waals surface area contributed by atoms with E-state index >= 15 is 0 Å². The Kier molecular flexibility index (Phi) is 4.89. The van der Waals surface area contributed by atoms with Crippen LogP contribution in [0.5, 0.6) is 0 Å². The number of benzene rings is 1. The van der Waals surface area contributed by atoms with Crippen molar-refractivity contribution in [1.29, 1.82) is 0 Å². The standard InChI is InChI=1S/C19H19FN4O3/c1-4-6-12-10-21-16-14(18(26)24(3)19(27)23(16)2)15(12)22-17(25)11-7-5-8-13(20)9-11/h5,7-10H,4,6H2,1-3H3,(H,21,22,25). The van der Waals surface area contributed by atoms with Crippen LogP contribution in [0.1, 0.15) is 29.3 Å². The summed E-state index contributed by atoms with van der Waals surface area (Å²) in [6, 6.07) is 5.28. The number of amides is 1. The third kappa shape index (κ3) is 3.25. The topological polar surface area (TPSA) is 86.0 Å². The maximum atomic E-state index is 13.5. The van der Waals surface area contributed by atoms with Crippen molar-refractivity contribution < 1.29 is 9.18 Å². The minimum absolute atomic E-state index is 0.129. The Morgan fingerprint density at radius 2 is 1.96 bits per heavy atom. The number of aryl methyl sites for hydroxylation is 2. The molecule has 1 N–H and O–H groups in total. The minimum atomic E-state index is -0.548. The highest BCUT2D eigenvalue weighted by Crippen LogP contribution is 2.24. The fourth-order valence-electron chi connectivity index (χ4n) is 2.98. The molecule has 140 valence electrons. The highest BCUT2D eigenvalue weighted by molar-refractivity contribution is 6.08. The highest BCUT2D eigenvalue weighted by atomic mass is 19.1. The summed E-state index contributed by atoms with van der Waals surface area (Å²) in [4.78, 5) is 41.8. The maximum Gasteiger partial charge on any atom is 0.332 e. The molecule has 27 heavy (non-hydrogen) atoms. The fraction of sp³-hybridized carbons (Fsp3) is 0.263. The van der Waals surface area contributed by atoms with Crippen LogP contribution in [0.3, 0.4) is 0 Å². The zero-order valence-corrected chi connectivity index (χ0v) is 15.2. The molecule has 1 amide bonds. The molecule has 0 atom stereocenters. The first-order valence-corrected chi connectivity index (χ1v) is 8.49. The van der Waals surface area contributed by atoms with Gasteiger partial charge < -0.3 is 5.32 Å². The fourth-order valence-corrected chi connectivity index (χ4v) is 2.98. The van der Waals surface area contributed by atoms with Crippen molar-refractivity contribution in [2.24, 2.45) is 14.1 Å². The lowest BCUT2D eigenvalue weighted by atomic mass is 10.1. The largest absolute Gasteiger partial charge is 0.332 e. The van der Waals surface area contributed by atoms with Gasteiger partial charge in [-0.1, -0.05) is 19.4 Å². The van der Waals surface area contributed by atoms with Crippen LogP contribution in [0.25, 0.3) is 11.0 Å². The van der Waals surface area contributed by atoms with Crippen LogP contribution in [0.15, 0.2) is 40.1 Å². The molecule has 0 radical (unpaired) electrons. The van der Waals surface area contributed by atoms with E-state index in [0.29, 0.717) is 17.7 Å². The lowest BCUT2D eigenvalue weighted by Gasteiger charge is -2.15. The average molecular weight is 370 g/mol. The molecule has 0 aliphatic heterocycles. The molecule has 2 aromatic heterocycles. The second kappa shape index (κ2) is 7.14. The van der Waals surface area contributed by atoms with Gasteiger partial charge in [0.25, 0.3) is 11.5 Å². The van der Waals surface area contributed by atoms with Gasteiger partial charge in [-0.3, -0.25) is 18.7 Å². The summed E-state index contributed by atoms with van der Waals surface area (Å²) in [6.45, 7) is 1.96. The van der Waals surface area contributed by atoms with E-state index in [2.05, 4.69) is 10.3 Å². The number of pyridine rings is 1. The maximum absolute atomic E-state index is 13.5. The molecule has 0 saturated carbocycles. The SMILES string of the molecule is CCCc1cnc2c(c1NC(=O)c1cccc(F)c1)c(=O)n(C)c(=O)n2C. The van der Waals surface area contributed by atoms with E-state index in [0.717, 1.165) is 17.1 Å². The summed E-state index contributed by atoms with van der Waals surface area (Å²) in [5, 5.41) is 2.87. The van der Waals surface area contributed by atoms with E-state index in [4.69, 9.17) is 0 Å². The lowest BCUT2D eigenvalue weighted by Crippen LogP contribution is -2.38. The Morgan fingerprint density at radius 1 is 1.22 bits per heavy atom. The lowest BCUT2D eigenvalue weighted by molar-refractivity contribution is 0.102. The summed E-state index contributed by atoms with van der Waals surface area (Å²) in [6.07, 6.45) is 2.89. The second-order valence-corrected chi connectivity index (χ2v) is 6.28. The minimum Gasteiger partial charge on any atom is -0.321 e. The van der Waals surface area contributed by atoms with Gasteiger partial charge in [0.05, 0.1) is 5.69 Å². The average Bonchev–Trinajstić information content (AvgIpc) is 2.65. The van der Waals surface area contributed by atoms with Gasteiger partial charge in [0, 0.05) is 25.9 Å². The monoisotopic (exact) mass is 370 g/mol. The van der Waals surface area contributed by atoms with Crippen LogP contribution in [-0.4, -0.2) is 20.0 Å². The summed E-state index contributed by atoms with van der Waals surface area (Å²) in [7, 11) is 2.88. The Labute approximate surface area is 154 Å². The molecule has 7 nitrogen and oxygen atoms in total. The Morgan fingerprint density at radius 3 is 2.63 bits per heavy atom. The van der Waals surface area contributed by atoms with Crippen LogP contribution >= 0.6 is 0 Å². The van der Waals surface area contributed by atoms with Gasteiger partial charge >= 0.3 is 5.69 Å². The highest BCUT2D eigenvalue weighted by Gasteiger charge is 2.19. The summed E-state index contributed by atoms with van der Waals surface area (Å²) in [5.41, 5.74) is 0.220. The Balaban J connectivity index is 2.26. The van der Waals surface area contributed by atoms with Crippen LogP contribution in [0, 0.1) is 5.82 Å². The molecule has 0 aliphatic rings. The number of carbonyl (C=O) groups is 1. The van der Waals surface area contributed by atoms with Gasteiger partial charge in [-0.15, -0.1) is 0 Å². The molecule has 0 aliphatic carbocycles. The Bertz CT molecular complexity index is 1160. The number of hydrogen-bond donors (Lipinski definition) is 1. The Hall–Kier alpha value is -3.29. The van der Waals surface area contributed by atoms with Gasteiger partial charge in [0.15, 0.2) is 5.65 Å². The van der Waals surface area contributed by atoms with E-state index in [9.17, 15) is 18.8 Å². The number of carbonyl (C=O) groups excluding carboxylic acids is 1. The first kappa shape index (κ1) is 18.5. The van der Waals surface area contributed by atoms with E-state index in [1.807, 2.05) is 6.92 Å². The molecule has 0 saturated heterocycles. The molecule has 0 fully saturated rings. The normalized spacial score (nSPS) is 11.0. The van der Waals surface area contributed by atoms with E-state index < -0.39 is 23.0 Å². The number of nitrogens with one attached hydrogen (secondary N) is 1. The van der Waals surface area contributed by atoms with Crippen molar-refractivity contribution in [2.75, 3.05) is 5.32 Å². The van der Waals surface area contributed by atoms with Gasteiger partial charge in [0.1, 0.15) is 11.2 Å². The van der Waals surface area contributed by atoms with Crippen molar-refractivity contribution >= 4 is 22.6 Å². The van der Waals surface area contributed by atoms with Crippen molar-refractivity contribution in [3.05, 3.63) is 68.2 Å². The van der Waals surface area contributed by atoms with Crippen molar-refractivity contribution in [1.82, 2.24) is 14.1 Å². The molecule has 0 unspecified atom stereocenters. The van der Waals surface area contributed by atoms with Gasteiger partial charge in [-0.2, -0.15) is 0 Å². The van der Waals surface area contributed by atoms with Crippen LogP contribution in [-0.2, 0) is 20.5 Å². The first-order chi connectivity index (χ1) is 12.8. The van der Waals surface area contributed by atoms with Crippen molar-refractivity contribution in [3.63, 3.8) is 0 Å². The molecule has 0 spiro atoms. The van der Waals surface area contributed by atoms with Gasteiger partial charge in [-0.05, 0) is 30.2 Å². The molecule has 3 rings (SSSR count). The zero-order chi connectivity index (χ0) is 19.7. The number of halogens is 1. The number of fused-ring (bicyclic) bond motifs is 1. The quantitative estimate of drug-likeness (QED) is 0.761. The number of hydrogen-bond acceptors (Lipinski definition) is 4. The van der Waals surface area contributed by atoms with Crippen LogP contribution in [0.4, 0.5) is 10.1 Å². The van der Waals surface area contributed by atoms with Crippen LogP contribution < -0.4 is 16.6 Å². The zero-order valence-electron chi connectivity index (χ0n) is 15.2. The summed E-state index contributed by atoms with van der Waals surface area (Å²) >= 11 is 0. The van der Waals surface area contributed by atoms with E-state index in [1.54, 1.807) is 6.20 Å². The van der Waals surface area contributed by atoms with Gasteiger partial charge in [-0.25, -0.2) is 14.2 Å². The number of anilines is 1. The third-order valence-electron chi connectivity index (χ3n) is 4.39. The number of nitrogens with zero attached hydrogens (tertiary/aromatic N) is 3. The van der Waals surface area contributed by atoms with Crippen molar-refractivity contribution in [2.45, 2.75) is 19.8 Å². The number of rotatable bonds is 4. The second-order valence-electron chi connectivity index (χ2n) is 6.28. The van der Waals surface area contributed by atoms with E-state index in [1.165, 1.54) is 36.9 Å². The summed E-state index contributed by atoms with van der Waals surface area (Å²) in [5.74, 6) is -1.08. The molecule has 8 heteroatoms. The summed E-state index contributed by atoms with van der Waals surface area (Å²) < 4.78 is 15.7. The first-order valence-electron chi connectivity index (χ1n) is 8.49. The van der Waals surface area contributed by atoms with Gasteiger partial charge in [0.2, 0.25) is 0 Å². The molecule has 2 heterocycles. The predicted molar refractivity (Wildman–Crippen MR) is 101 cm³/mol. The van der Waals surface area contributed by atoms with E-state index in [-0.39, 0.29) is 16.6 Å². The van der Waals surface area contributed by atoms with Crippen LogP contribution in [0.2, 0.25) is 0 Å². The predicted octanol–water partition coefficient (Wildman–Crippen LogP) is 1.98. The molecule has 0 bridgehead atoms. The molecular formula is C19H19FN4O3. The molecule has 3 aromatic rings. The smallest absolute Gasteiger partial charge is 0.321 e. The number of aromatic nitrogens is 3. The third-order valence-corrected chi connectivity index (χ3v) is 4.39. The molecule has 1 aromatic carbocycles. The molecular weight excluding hydrogens is 351 g/mol. The van der Waals surface area contributed by atoms with Crippen molar-refractivity contribution in [3.8, 4) is 0 Å².